The molecule has 18 heavy (non-hydrogen) atoms. The molecule has 1 saturated heterocycles. The summed E-state index contributed by atoms with van der Waals surface area (Å²) < 4.78 is 1.67. The molecule has 1 atom stereocenters. The summed E-state index contributed by atoms with van der Waals surface area (Å²) in [5, 5.41) is 4.11. The largest absolute Gasteiger partial charge is 0.396 e. The fourth-order valence-corrected chi connectivity index (χ4v) is 2.37. The second-order valence-electron chi connectivity index (χ2n) is 4.92. The molecule has 1 aliphatic rings. The highest BCUT2D eigenvalue weighted by Gasteiger charge is 2.30. The van der Waals surface area contributed by atoms with Crippen LogP contribution in [0.25, 0.3) is 0 Å². The van der Waals surface area contributed by atoms with Crippen LogP contribution in [0.1, 0.15) is 23.8 Å². The van der Waals surface area contributed by atoms with E-state index < -0.39 is 0 Å². The molecule has 2 rings (SSSR count). The molecule has 0 aliphatic carbocycles. The van der Waals surface area contributed by atoms with E-state index in [-0.39, 0.29) is 5.91 Å². The van der Waals surface area contributed by atoms with Gasteiger partial charge in [-0.3, -0.25) is 9.48 Å². The van der Waals surface area contributed by atoms with Crippen LogP contribution in [0, 0.1) is 0 Å². The zero-order chi connectivity index (χ0) is 13.3. The number of hydrogen-bond donors (Lipinski definition) is 1. The molecule has 0 bridgehead atoms. The second-order valence-corrected chi connectivity index (χ2v) is 4.92. The number of likely N-dealkylation sites (N-methyl/N-ethyl adjacent to an activating group) is 1. The topological polar surface area (TPSA) is 67.4 Å². The Bertz CT molecular complexity index is 440. The highest BCUT2D eigenvalue weighted by molar-refractivity contribution is 5.97. The van der Waals surface area contributed by atoms with Crippen molar-refractivity contribution in [2.45, 2.75) is 25.9 Å². The number of carbonyl (C=O) groups excluding carboxylic acids is 1. The lowest BCUT2D eigenvalue weighted by Gasteiger charge is -2.20. The first kappa shape index (κ1) is 12.9. The Labute approximate surface area is 107 Å². The van der Waals surface area contributed by atoms with Gasteiger partial charge in [0, 0.05) is 25.7 Å². The number of likely N-dealkylation sites (tertiary alicyclic amines) is 1. The molecule has 2 N–H and O–H groups in total. The van der Waals surface area contributed by atoms with Crippen molar-refractivity contribution in [2.24, 2.45) is 0 Å². The Hall–Kier alpha value is -1.56. The molecule has 0 aromatic carbocycles. The molecule has 100 valence electrons. The maximum Gasteiger partial charge on any atom is 0.274 e. The van der Waals surface area contributed by atoms with Crippen LogP contribution in [0.4, 0.5) is 5.69 Å². The third-order valence-electron chi connectivity index (χ3n) is 3.55. The molecule has 6 nitrogen and oxygen atoms in total. The van der Waals surface area contributed by atoms with Gasteiger partial charge in [0.1, 0.15) is 5.69 Å². The Morgan fingerprint density at radius 3 is 2.89 bits per heavy atom. The number of amides is 1. The van der Waals surface area contributed by atoms with Gasteiger partial charge in [0.15, 0.2) is 0 Å². The monoisotopic (exact) mass is 251 g/mol. The van der Waals surface area contributed by atoms with E-state index in [1.165, 1.54) is 0 Å². The van der Waals surface area contributed by atoms with Crippen LogP contribution in [-0.2, 0) is 6.54 Å². The van der Waals surface area contributed by atoms with E-state index in [0.29, 0.717) is 24.0 Å². The highest BCUT2D eigenvalue weighted by atomic mass is 16.2. The number of anilines is 1. The second kappa shape index (κ2) is 4.97. The van der Waals surface area contributed by atoms with Crippen LogP contribution in [0.2, 0.25) is 0 Å². The minimum atomic E-state index is -0.00352. The van der Waals surface area contributed by atoms with Crippen LogP contribution in [0.3, 0.4) is 0 Å². The Morgan fingerprint density at radius 1 is 1.61 bits per heavy atom. The molecule has 1 aromatic rings. The number of nitrogens with zero attached hydrogens (tertiary/aromatic N) is 4. The average molecular weight is 251 g/mol. The zero-order valence-corrected chi connectivity index (χ0v) is 11.3. The maximum absolute atomic E-state index is 12.4. The van der Waals surface area contributed by atoms with E-state index in [2.05, 4.69) is 10.00 Å². The first-order valence-corrected chi connectivity index (χ1v) is 6.31. The molecule has 0 radical (unpaired) electrons. The summed E-state index contributed by atoms with van der Waals surface area (Å²) in [5.74, 6) is -0.00352. The molecule has 1 unspecified atom stereocenters. The standard InChI is InChI=1S/C12H21N5O/c1-4-17-11(10(13)7-14-17)12(18)16-6-5-9(8-16)15(2)3/h7,9H,4-6,8,13H2,1-3H3. The first-order chi connectivity index (χ1) is 8.54. The van der Waals surface area contributed by atoms with Crippen molar-refractivity contribution in [3.8, 4) is 0 Å². The van der Waals surface area contributed by atoms with E-state index in [9.17, 15) is 4.79 Å². The van der Waals surface area contributed by atoms with Crippen molar-refractivity contribution in [1.82, 2.24) is 19.6 Å². The summed E-state index contributed by atoms with van der Waals surface area (Å²) in [6.45, 7) is 4.16. The number of rotatable bonds is 3. The number of aryl methyl sites for hydroxylation is 1. The molecule has 0 spiro atoms. The van der Waals surface area contributed by atoms with Gasteiger partial charge >= 0.3 is 0 Å². The van der Waals surface area contributed by atoms with Gasteiger partial charge in [-0.1, -0.05) is 0 Å². The van der Waals surface area contributed by atoms with Crippen LogP contribution in [-0.4, -0.2) is 58.7 Å². The molecule has 0 saturated carbocycles. The van der Waals surface area contributed by atoms with Crippen molar-refractivity contribution < 1.29 is 4.79 Å². The van der Waals surface area contributed by atoms with E-state index >= 15 is 0 Å². The van der Waals surface area contributed by atoms with E-state index in [4.69, 9.17) is 5.73 Å². The number of carbonyl (C=O) groups is 1. The van der Waals surface area contributed by atoms with E-state index in [1.807, 2.05) is 25.9 Å². The maximum atomic E-state index is 12.4. The summed E-state index contributed by atoms with van der Waals surface area (Å²) in [6.07, 6.45) is 2.56. The van der Waals surface area contributed by atoms with Gasteiger partial charge in [-0.25, -0.2) is 0 Å². The van der Waals surface area contributed by atoms with Crippen molar-refractivity contribution in [1.29, 1.82) is 0 Å². The zero-order valence-electron chi connectivity index (χ0n) is 11.3. The molecule has 1 fully saturated rings. The van der Waals surface area contributed by atoms with Crippen molar-refractivity contribution in [3.05, 3.63) is 11.9 Å². The summed E-state index contributed by atoms with van der Waals surface area (Å²) >= 11 is 0. The highest BCUT2D eigenvalue weighted by Crippen LogP contribution is 2.19. The number of aromatic nitrogens is 2. The van der Waals surface area contributed by atoms with E-state index in [1.54, 1.807) is 10.9 Å². The number of nitrogens with two attached hydrogens (primary N) is 1. The van der Waals surface area contributed by atoms with Gasteiger partial charge in [-0.05, 0) is 27.4 Å². The van der Waals surface area contributed by atoms with Crippen LogP contribution < -0.4 is 5.73 Å². The molecule has 6 heteroatoms. The van der Waals surface area contributed by atoms with Crippen molar-refractivity contribution in [2.75, 3.05) is 32.9 Å². The lowest BCUT2D eigenvalue weighted by atomic mass is 10.2. The molecule has 1 aromatic heterocycles. The average Bonchev–Trinajstić information content (AvgIpc) is 2.94. The lowest BCUT2D eigenvalue weighted by molar-refractivity contribution is 0.0772. The first-order valence-electron chi connectivity index (χ1n) is 6.31. The molecule has 2 heterocycles. The quantitative estimate of drug-likeness (QED) is 0.837. The van der Waals surface area contributed by atoms with Gasteiger partial charge in [0.25, 0.3) is 5.91 Å². The summed E-state index contributed by atoms with van der Waals surface area (Å²) in [6, 6.07) is 0.438. The van der Waals surface area contributed by atoms with Crippen LogP contribution >= 0.6 is 0 Å². The Kier molecular flexibility index (Phi) is 3.56. The van der Waals surface area contributed by atoms with Gasteiger partial charge in [0.05, 0.1) is 11.9 Å². The van der Waals surface area contributed by atoms with Crippen molar-refractivity contribution in [3.63, 3.8) is 0 Å². The van der Waals surface area contributed by atoms with Gasteiger partial charge in [-0.15, -0.1) is 0 Å². The lowest BCUT2D eigenvalue weighted by Crippen LogP contribution is -2.35. The van der Waals surface area contributed by atoms with Gasteiger partial charge < -0.3 is 15.5 Å². The van der Waals surface area contributed by atoms with E-state index in [0.717, 1.165) is 19.5 Å². The minimum Gasteiger partial charge on any atom is -0.396 e. The van der Waals surface area contributed by atoms with Crippen LogP contribution in [0.5, 0.6) is 0 Å². The normalized spacial score (nSPS) is 19.8. The fourth-order valence-electron chi connectivity index (χ4n) is 2.37. The third kappa shape index (κ3) is 2.20. The van der Waals surface area contributed by atoms with Crippen LogP contribution in [0.15, 0.2) is 6.20 Å². The molecular formula is C12H21N5O. The third-order valence-corrected chi connectivity index (χ3v) is 3.55. The summed E-state index contributed by atoms with van der Waals surface area (Å²) in [7, 11) is 4.09. The number of hydrogen-bond acceptors (Lipinski definition) is 4. The summed E-state index contributed by atoms with van der Waals surface area (Å²) in [5.41, 5.74) is 6.83. The smallest absolute Gasteiger partial charge is 0.274 e. The van der Waals surface area contributed by atoms with Crippen molar-refractivity contribution >= 4 is 11.6 Å². The minimum absolute atomic E-state index is 0.00352. The molecular weight excluding hydrogens is 230 g/mol. The Balaban J connectivity index is 2.15. The summed E-state index contributed by atoms with van der Waals surface area (Å²) in [4.78, 5) is 16.5. The predicted octanol–water partition coefficient (Wildman–Crippen LogP) is 0.261. The van der Waals surface area contributed by atoms with Gasteiger partial charge in [-0.2, -0.15) is 5.10 Å². The molecule has 1 amide bonds. The predicted molar refractivity (Wildman–Crippen MR) is 70.3 cm³/mol. The fraction of sp³-hybridized carbons (Fsp3) is 0.667. The Morgan fingerprint density at radius 2 is 2.33 bits per heavy atom. The van der Waals surface area contributed by atoms with Gasteiger partial charge in [0.2, 0.25) is 0 Å². The number of nitrogen functional groups attached to an aromatic ring is 1. The SMILES string of the molecule is CCn1ncc(N)c1C(=O)N1CCC(N(C)C)C1. The molecule has 1 aliphatic heterocycles.